The van der Waals surface area contributed by atoms with Crippen molar-refractivity contribution in [2.24, 2.45) is 0 Å². The Labute approximate surface area is 96.8 Å². The van der Waals surface area contributed by atoms with Crippen LogP contribution in [-0.2, 0) is 10.8 Å². The van der Waals surface area contributed by atoms with Crippen molar-refractivity contribution >= 4 is 0 Å². The highest BCUT2D eigenvalue weighted by Gasteiger charge is 2.35. The van der Waals surface area contributed by atoms with E-state index in [1.54, 1.807) is 0 Å². The fraction of sp³-hybridized carbons (Fsp3) is 0.833. The van der Waals surface area contributed by atoms with Gasteiger partial charge in [-0.2, -0.15) is 4.98 Å². The fourth-order valence-electron chi connectivity index (χ4n) is 2.01. The normalized spacial score (nSPS) is 27.0. The van der Waals surface area contributed by atoms with Gasteiger partial charge < -0.3 is 9.84 Å². The maximum atomic E-state index is 5.43. The Hall–Kier alpha value is -0.900. The second-order valence-electron chi connectivity index (χ2n) is 6.01. The molecule has 1 aliphatic rings. The summed E-state index contributed by atoms with van der Waals surface area (Å²) in [7, 11) is 0. The van der Waals surface area contributed by atoms with Crippen molar-refractivity contribution in [1.82, 2.24) is 15.5 Å². The summed E-state index contributed by atoms with van der Waals surface area (Å²) in [6.07, 6.45) is 2.29. The number of rotatable bonds is 1. The Bertz CT molecular complexity index is 359. The van der Waals surface area contributed by atoms with E-state index >= 15 is 0 Å². The summed E-state index contributed by atoms with van der Waals surface area (Å²) >= 11 is 0. The van der Waals surface area contributed by atoms with E-state index in [4.69, 9.17) is 4.52 Å². The number of nitrogens with zero attached hydrogens (tertiary/aromatic N) is 2. The van der Waals surface area contributed by atoms with Gasteiger partial charge in [0.25, 0.3) is 0 Å². The van der Waals surface area contributed by atoms with Crippen LogP contribution in [0.4, 0.5) is 0 Å². The molecule has 2 rings (SSSR count). The van der Waals surface area contributed by atoms with Crippen molar-refractivity contribution in [3.8, 4) is 0 Å². The average molecular weight is 223 g/mol. The van der Waals surface area contributed by atoms with Crippen molar-refractivity contribution in [2.45, 2.75) is 51.4 Å². The Balaban J connectivity index is 2.24. The fourth-order valence-corrected chi connectivity index (χ4v) is 2.01. The minimum Gasteiger partial charge on any atom is -0.339 e. The molecule has 0 amide bonds. The zero-order valence-corrected chi connectivity index (χ0v) is 10.6. The number of hydrogen-bond acceptors (Lipinski definition) is 4. The topological polar surface area (TPSA) is 51.0 Å². The van der Waals surface area contributed by atoms with Gasteiger partial charge in [-0.1, -0.05) is 25.9 Å². The molecule has 1 aliphatic heterocycles. The standard InChI is InChI=1S/C12H21N3O/c1-11(2,3)9-14-10(16-15-9)12(4)6-5-7-13-8-12/h13H,5-8H2,1-4H3. The first-order valence-corrected chi connectivity index (χ1v) is 5.97. The van der Waals surface area contributed by atoms with E-state index in [9.17, 15) is 0 Å². The summed E-state index contributed by atoms with van der Waals surface area (Å²) < 4.78 is 5.43. The Morgan fingerprint density at radius 1 is 1.38 bits per heavy atom. The highest BCUT2D eigenvalue weighted by Crippen LogP contribution is 2.30. The predicted octanol–water partition coefficient (Wildman–Crippen LogP) is 2.01. The molecular formula is C12H21N3O. The van der Waals surface area contributed by atoms with E-state index in [1.807, 2.05) is 0 Å². The van der Waals surface area contributed by atoms with Crippen molar-refractivity contribution < 1.29 is 4.52 Å². The molecule has 4 nitrogen and oxygen atoms in total. The highest BCUT2D eigenvalue weighted by atomic mass is 16.5. The predicted molar refractivity (Wildman–Crippen MR) is 62.5 cm³/mol. The molecule has 4 heteroatoms. The SMILES string of the molecule is CC(C)(C)c1noc(C2(C)CCCNC2)n1. The molecule has 0 aromatic carbocycles. The molecular weight excluding hydrogens is 202 g/mol. The van der Waals surface area contributed by atoms with E-state index in [2.05, 4.69) is 43.2 Å². The molecule has 2 heterocycles. The van der Waals surface area contributed by atoms with Gasteiger partial charge in [0.05, 0.1) is 5.41 Å². The third kappa shape index (κ3) is 2.12. The molecule has 0 spiro atoms. The van der Waals surface area contributed by atoms with Crippen LogP contribution in [0.1, 0.15) is 52.3 Å². The van der Waals surface area contributed by atoms with Crippen LogP contribution in [0.25, 0.3) is 0 Å². The first-order valence-electron chi connectivity index (χ1n) is 5.97. The van der Waals surface area contributed by atoms with Crippen LogP contribution in [0.3, 0.4) is 0 Å². The molecule has 0 radical (unpaired) electrons. The van der Waals surface area contributed by atoms with Gasteiger partial charge in [0.15, 0.2) is 5.82 Å². The van der Waals surface area contributed by atoms with Crippen LogP contribution in [0, 0.1) is 0 Å². The molecule has 0 bridgehead atoms. The first kappa shape index (κ1) is 11.6. The second kappa shape index (κ2) is 3.84. The maximum Gasteiger partial charge on any atom is 0.233 e. The average Bonchev–Trinajstić information content (AvgIpc) is 2.67. The number of piperidine rings is 1. The van der Waals surface area contributed by atoms with Crippen LogP contribution in [0.5, 0.6) is 0 Å². The van der Waals surface area contributed by atoms with Gasteiger partial charge in [0.1, 0.15) is 0 Å². The first-order chi connectivity index (χ1) is 7.42. The lowest BCUT2D eigenvalue weighted by molar-refractivity contribution is 0.244. The van der Waals surface area contributed by atoms with Crippen LogP contribution >= 0.6 is 0 Å². The smallest absolute Gasteiger partial charge is 0.233 e. The monoisotopic (exact) mass is 223 g/mol. The Morgan fingerprint density at radius 3 is 2.62 bits per heavy atom. The molecule has 90 valence electrons. The highest BCUT2D eigenvalue weighted by molar-refractivity contribution is 5.09. The Morgan fingerprint density at radius 2 is 2.12 bits per heavy atom. The lowest BCUT2D eigenvalue weighted by Gasteiger charge is -2.30. The van der Waals surface area contributed by atoms with E-state index in [-0.39, 0.29) is 10.8 Å². The van der Waals surface area contributed by atoms with E-state index in [0.29, 0.717) is 0 Å². The van der Waals surface area contributed by atoms with Gasteiger partial charge in [0.2, 0.25) is 5.89 Å². The Kier molecular flexibility index (Phi) is 2.78. The largest absolute Gasteiger partial charge is 0.339 e. The van der Waals surface area contributed by atoms with Crippen LogP contribution in [0.15, 0.2) is 4.52 Å². The van der Waals surface area contributed by atoms with Crippen molar-refractivity contribution in [3.63, 3.8) is 0 Å². The van der Waals surface area contributed by atoms with Gasteiger partial charge in [0, 0.05) is 12.0 Å². The molecule has 0 aliphatic carbocycles. The molecule has 1 unspecified atom stereocenters. The van der Waals surface area contributed by atoms with E-state index in [1.165, 1.54) is 6.42 Å². The van der Waals surface area contributed by atoms with Gasteiger partial charge >= 0.3 is 0 Å². The summed E-state index contributed by atoms with van der Waals surface area (Å²) in [5, 5.41) is 7.49. The van der Waals surface area contributed by atoms with Crippen LogP contribution in [-0.4, -0.2) is 23.2 Å². The van der Waals surface area contributed by atoms with Crippen molar-refractivity contribution in [1.29, 1.82) is 0 Å². The van der Waals surface area contributed by atoms with Gasteiger partial charge in [-0.25, -0.2) is 0 Å². The number of nitrogens with one attached hydrogen (secondary N) is 1. The minimum atomic E-state index is -0.0415. The maximum absolute atomic E-state index is 5.43. The minimum absolute atomic E-state index is 0.00868. The quantitative estimate of drug-likeness (QED) is 0.791. The summed E-state index contributed by atoms with van der Waals surface area (Å²) in [5.41, 5.74) is -0.0328. The third-order valence-electron chi connectivity index (χ3n) is 3.21. The molecule has 1 N–H and O–H groups in total. The van der Waals surface area contributed by atoms with Gasteiger partial charge in [-0.15, -0.1) is 0 Å². The van der Waals surface area contributed by atoms with Crippen molar-refractivity contribution in [2.75, 3.05) is 13.1 Å². The molecule has 1 atom stereocenters. The zero-order valence-electron chi connectivity index (χ0n) is 10.6. The molecule has 16 heavy (non-hydrogen) atoms. The van der Waals surface area contributed by atoms with Crippen molar-refractivity contribution in [3.05, 3.63) is 11.7 Å². The lowest BCUT2D eigenvalue weighted by Crippen LogP contribution is -2.41. The second-order valence-corrected chi connectivity index (χ2v) is 6.01. The molecule has 1 aromatic rings. The van der Waals surface area contributed by atoms with Gasteiger partial charge in [-0.05, 0) is 26.3 Å². The van der Waals surface area contributed by atoms with Gasteiger partial charge in [-0.3, -0.25) is 0 Å². The lowest BCUT2D eigenvalue weighted by atomic mass is 9.82. The van der Waals surface area contributed by atoms with E-state index in [0.717, 1.165) is 31.2 Å². The molecule has 1 fully saturated rings. The summed E-state index contributed by atoms with van der Waals surface area (Å²) in [5.74, 6) is 1.58. The van der Waals surface area contributed by atoms with E-state index < -0.39 is 0 Å². The number of aromatic nitrogens is 2. The zero-order chi connectivity index (χ0) is 11.8. The number of hydrogen-bond donors (Lipinski definition) is 1. The molecule has 1 aromatic heterocycles. The van der Waals surface area contributed by atoms with Crippen LogP contribution in [0.2, 0.25) is 0 Å². The summed E-state index contributed by atoms with van der Waals surface area (Å²) in [6.45, 7) is 10.5. The van der Waals surface area contributed by atoms with Crippen LogP contribution < -0.4 is 5.32 Å². The summed E-state index contributed by atoms with van der Waals surface area (Å²) in [4.78, 5) is 4.56. The third-order valence-corrected chi connectivity index (χ3v) is 3.21. The molecule has 1 saturated heterocycles. The molecule has 0 saturated carbocycles. The summed E-state index contributed by atoms with van der Waals surface area (Å²) in [6, 6.07) is 0.